The van der Waals surface area contributed by atoms with Crippen molar-refractivity contribution >= 4 is 15.9 Å². The van der Waals surface area contributed by atoms with Crippen LogP contribution < -0.4 is 10.1 Å². The molecule has 0 bridgehead atoms. The molecule has 2 atom stereocenters. The molecule has 0 aliphatic heterocycles. The molecule has 1 aromatic rings. The van der Waals surface area contributed by atoms with Gasteiger partial charge in [-0.25, -0.2) is 0 Å². The second-order valence-corrected chi connectivity index (χ2v) is 5.95. The van der Waals surface area contributed by atoms with Crippen molar-refractivity contribution in [1.82, 2.24) is 5.32 Å². The van der Waals surface area contributed by atoms with E-state index in [1.54, 1.807) is 7.11 Å². The first kappa shape index (κ1) is 13.9. The summed E-state index contributed by atoms with van der Waals surface area (Å²) in [5.74, 6) is 1.76. The van der Waals surface area contributed by atoms with Crippen LogP contribution in [0.5, 0.6) is 5.75 Å². The Morgan fingerprint density at radius 3 is 2.94 bits per heavy atom. The molecule has 2 nitrogen and oxygen atoms in total. The number of rotatable bonds is 5. The average Bonchev–Trinajstić information content (AvgIpc) is 2.80. The predicted molar refractivity (Wildman–Crippen MR) is 79.2 cm³/mol. The first-order chi connectivity index (χ1) is 8.72. The van der Waals surface area contributed by atoms with Gasteiger partial charge in [0.1, 0.15) is 5.75 Å². The highest BCUT2D eigenvalue weighted by atomic mass is 79.9. The van der Waals surface area contributed by atoms with Crippen LogP contribution in [-0.4, -0.2) is 19.7 Å². The Morgan fingerprint density at radius 1 is 1.39 bits per heavy atom. The fourth-order valence-electron chi connectivity index (χ4n) is 2.88. The van der Waals surface area contributed by atoms with Crippen LogP contribution in [0.2, 0.25) is 0 Å². The summed E-state index contributed by atoms with van der Waals surface area (Å²) in [6.45, 7) is 3.27. The Hall–Kier alpha value is -0.540. The SMILES string of the molecule is CCNC1CCC(Cc2cc(OC)ccc2Br)C1. The average molecular weight is 312 g/mol. The number of ether oxygens (including phenoxy) is 1. The zero-order chi connectivity index (χ0) is 13.0. The van der Waals surface area contributed by atoms with Gasteiger partial charge in [0, 0.05) is 10.5 Å². The van der Waals surface area contributed by atoms with Crippen LogP contribution in [0, 0.1) is 5.92 Å². The van der Waals surface area contributed by atoms with E-state index in [9.17, 15) is 0 Å². The Labute approximate surface area is 118 Å². The Balaban J connectivity index is 1.97. The van der Waals surface area contributed by atoms with Gasteiger partial charge in [-0.15, -0.1) is 0 Å². The Bertz CT molecular complexity index is 394. The van der Waals surface area contributed by atoms with E-state index in [1.165, 1.54) is 29.3 Å². The lowest BCUT2D eigenvalue weighted by Crippen LogP contribution is -2.25. The van der Waals surface area contributed by atoms with Crippen LogP contribution in [0.15, 0.2) is 22.7 Å². The van der Waals surface area contributed by atoms with E-state index in [1.807, 2.05) is 6.07 Å². The normalized spacial score (nSPS) is 23.3. The van der Waals surface area contributed by atoms with E-state index in [-0.39, 0.29) is 0 Å². The number of methoxy groups -OCH3 is 1. The molecule has 1 fully saturated rings. The van der Waals surface area contributed by atoms with Crippen LogP contribution in [-0.2, 0) is 6.42 Å². The fraction of sp³-hybridized carbons (Fsp3) is 0.600. The highest BCUT2D eigenvalue weighted by Gasteiger charge is 2.24. The molecule has 0 amide bonds. The van der Waals surface area contributed by atoms with E-state index in [4.69, 9.17) is 4.74 Å². The molecule has 0 heterocycles. The lowest BCUT2D eigenvalue weighted by Gasteiger charge is -2.14. The zero-order valence-electron chi connectivity index (χ0n) is 11.2. The maximum atomic E-state index is 5.30. The summed E-state index contributed by atoms with van der Waals surface area (Å²) >= 11 is 3.64. The van der Waals surface area contributed by atoms with Gasteiger partial charge in [0.05, 0.1) is 7.11 Å². The molecule has 0 saturated heterocycles. The van der Waals surface area contributed by atoms with Crippen molar-refractivity contribution in [2.45, 2.75) is 38.6 Å². The van der Waals surface area contributed by atoms with Crippen molar-refractivity contribution in [2.24, 2.45) is 5.92 Å². The third-order valence-electron chi connectivity index (χ3n) is 3.80. The molecule has 3 heteroatoms. The molecule has 1 N–H and O–H groups in total. The summed E-state index contributed by atoms with van der Waals surface area (Å²) < 4.78 is 6.50. The van der Waals surface area contributed by atoms with Crippen LogP contribution in [0.1, 0.15) is 31.7 Å². The monoisotopic (exact) mass is 311 g/mol. The predicted octanol–water partition coefficient (Wildman–Crippen LogP) is 3.78. The van der Waals surface area contributed by atoms with Gasteiger partial charge in [0.15, 0.2) is 0 Å². The topological polar surface area (TPSA) is 21.3 Å². The van der Waals surface area contributed by atoms with Gasteiger partial charge in [-0.3, -0.25) is 0 Å². The smallest absolute Gasteiger partial charge is 0.119 e. The maximum absolute atomic E-state index is 5.30. The molecule has 0 aromatic heterocycles. The Morgan fingerprint density at radius 2 is 2.22 bits per heavy atom. The molecular weight excluding hydrogens is 290 g/mol. The van der Waals surface area contributed by atoms with Crippen LogP contribution in [0.4, 0.5) is 0 Å². The van der Waals surface area contributed by atoms with Crippen molar-refractivity contribution in [1.29, 1.82) is 0 Å². The lowest BCUT2D eigenvalue weighted by molar-refractivity contribution is 0.413. The minimum absolute atomic E-state index is 0.726. The highest BCUT2D eigenvalue weighted by Crippen LogP contribution is 2.32. The molecule has 2 unspecified atom stereocenters. The van der Waals surface area contributed by atoms with Gasteiger partial charge in [-0.1, -0.05) is 22.9 Å². The van der Waals surface area contributed by atoms with Crippen molar-refractivity contribution < 1.29 is 4.74 Å². The summed E-state index contributed by atoms with van der Waals surface area (Å²) in [5.41, 5.74) is 1.37. The number of hydrogen-bond donors (Lipinski definition) is 1. The van der Waals surface area contributed by atoms with Crippen LogP contribution >= 0.6 is 15.9 Å². The third kappa shape index (κ3) is 3.48. The molecule has 2 rings (SSSR count). The fourth-order valence-corrected chi connectivity index (χ4v) is 3.29. The van der Waals surface area contributed by atoms with Crippen molar-refractivity contribution in [3.05, 3.63) is 28.2 Å². The Kier molecular flexibility index (Phi) is 5.07. The van der Waals surface area contributed by atoms with E-state index >= 15 is 0 Å². The second-order valence-electron chi connectivity index (χ2n) is 5.10. The van der Waals surface area contributed by atoms with Crippen molar-refractivity contribution in [2.75, 3.05) is 13.7 Å². The number of nitrogens with one attached hydrogen (secondary N) is 1. The number of halogens is 1. The molecule has 1 saturated carbocycles. The molecule has 1 aliphatic rings. The van der Waals surface area contributed by atoms with Crippen LogP contribution in [0.25, 0.3) is 0 Å². The molecule has 18 heavy (non-hydrogen) atoms. The van der Waals surface area contributed by atoms with Gasteiger partial charge in [0.25, 0.3) is 0 Å². The van der Waals surface area contributed by atoms with E-state index in [0.717, 1.165) is 30.7 Å². The van der Waals surface area contributed by atoms with Gasteiger partial charge in [-0.2, -0.15) is 0 Å². The summed E-state index contributed by atoms with van der Waals surface area (Å²) in [6.07, 6.45) is 5.11. The highest BCUT2D eigenvalue weighted by molar-refractivity contribution is 9.10. The van der Waals surface area contributed by atoms with Gasteiger partial charge < -0.3 is 10.1 Å². The van der Waals surface area contributed by atoms with Crippen molar-refractivity contribution in [3.8, 4) is 5.75 Å². The lowest BCUT2D eigenvalue weighted by atomic mass is 9.97. The first-order valence-electron chi connectivity index (χ1n) is 6.78. The van der Waals surface area contributed by atoms with Gasteiger partial charge >= 0.3 is 0 Å². The number of hydrogen-bond acceptors (Lipinski definition) is 2. The largest absolute Gasteiger partial charge is 0.497 e. The van der Waals surface area contributed by atoms with E-state index in [2.05, 4.69) is 40.3 Å². The minimum Gasteiger partial charge on any atom is -0.497 e. The summed E-state index contributed by atoms with van der Waals surface area (Å²) in [7, 11) is 1.73. The molecule has 0 radical (unpaired) electrons. The standard InChI is InChI=1S/C15H22BrNO/c1-3-17-13-5-4-11(9-13)8-12-10-14(18-2)6-7-15(12)16/h6-7,10-11,13,17H,3-5,8-9H2,1-2H3. The summed E-state index contributed by atoms with van der Waals surface area (Å²) in [5, 5.41) is 3.56. The molecule has 100 valence electrons. The minimum atomic E-state index is 0.726. The second kappa shape index (κ2) is 6.58. The van der Waals surface area contributed by atoms with Gasteiger partial charge in [0.2, 0.25) is 0 Å². The van der Waals surface area contributed by atoms with Crippen LogP contribution in [0.3, 0.4) is 0 Å². The third-order valence-corrected chi connectivity index (χ3v) is 4.57. The molecule has 0 spiro atoms. The first-order valence-corrected chi connectivity index (χ1v) is 7.58. The summed E-state index contributed by atoms with van der Waals surface area (Å²) in [4.78, 5) is 0. The summed E-state index contributed by atoms with van der Waals surface area (Å²) in [6, 6.07) is 6.98. The molecule has 1 aromatic carbocycles. The molecular formula is C15H22BrNO. The quantitative estimate of drug-likeness (QED) is 0.893. The number of benzene rings is 1. The zero-order valence-corrected chi connectivity index (χ0v) is 12.8. The van der Waals surface area contributed by atoms with E-state index in [0.29, 0.717) is 0 Å². The maximum Gasteiger partial charge on any atom is 0.119 e. The van der Waals surface area contributed by atoms with Gasteiger partial charge in [-0.05, 0) is 61.9 Å². The van der Waals surface area contributed by atoms with E-state index < -0.39 is 0 Å². The molecule has 1 aliphatic carbocycles. The van der Waals surface area contributed by atoms with Crippen molar-refractivity contribution in [3.63, 3.8) is 0 Å².